The zero-order valence-corrected chi connectivity index (χ0v) is 12.1. The van der Waals surface area contributed by atoms with Crippen LogP contribution in [0.3, 0.4) is 0 Å². The van der Waals surface area contributed by atoms with Gasteiger partial charge >= 0.3 is 0 Å². The molecule has 0 amide bonds. The highest BCUT2D eigenvalue weighted by Gasteiger charge is 2.25. The van der Waals surface area contributed by atoms with E-state index < -0.39 is 0 Å². The van der Waals surface area contributed by atoms with Crippen LogP contribution in [0, 0.1) is 6.92 Å². The molecule has 4 nitrogen and oxygen atoms in total. The SMILES string of the molecule is Cc1c(Br)c(=O)n(C2CCC2)c2nc(Cl)ncc12. The Balaban J connectivity index is 2.44. The second kappa shape index (κ2) is 4.31. The Labute approximate surface area is 117 Å². The Morgan fingerprint density at radius 1 is 1.50 bits per heavy atom. The van der Waals surface area contributed by atoms with E-state index in [1.54, 1.807) is 10.8 Å². The van der Waals surface area contributed by atoms with E-state index in [4.69, 9.17) is 11.6 Å². The molecule has 0 saturated heterocycles. The Bertz CT molecular complexity index is 694. The van der Waals surface area contributed by atoms with Gasteiger partial charge in [-0.2, -0.15) is 4.98 Å². The molecule has 1 aliphatic carbocycles. The number of hydrogen-bond acceptors (Lipinski definition) is 3. The number of hydrogen-bond donors (Lipinski definition) is 0. The van der Waals surface area contributed by atoms with E-state index in [1.807, 2.05) is 6.92 Å². The van der Waals surface area contributed by atoms with Gasteiger partial charge in [0, 0.05) is 17.6 Å². The smallest absolute Gasteiger partial charge is 0.267 e. The highest BCUT2D eigenvalue weighted by molar-refractivity contribution is 9.10. The van der Waals surface area contributed by atoms with Crippen molar-refractivity contribution in [3.8, 4) is 0 Å². The number of halogens is 2. The normalized spacial score (nSPS) is 15.9. The number of pyridine rings is 1. The summed E-state index contributed by atoms with van der Waals surface area (Å²) in [5.41, 5.74) is 1.48. The summed E-state index contributed by atoms with van der Waals surface area (Å²) in [7, 11) is 0. The molecule has 0 aliphatic heterocycles. The second-order valence-corrected chi connectivity index (χ2v) is 5.71. The van der Waals surface area contributed by atoms with Gasteiger partial charge in [0.2, 0.25) is 5.28 Å². The molecule has 0 bridgehead atoms. The van der Waals surface area contributed by atoms with Gasteiger partial charge in [-0.1, -0.05) is 0 Å². The molecule has 2 heterocycles. The van der Waals surface area contributed by atoms with Crippen LogP contribution >= 0.6 is 27.5 Å². The summed E-state index contributed by atoms with van der Waals surface area (Å²) in [6.07, 6.45) is 4.88. The second-order valence-electron chi connectivity index (χ2n) is 4.58. The average molecular weight is 329 g/mol. The lowest BCUT2D eigenvalue weighted by atomic mass is 9.92. The van der Waals surface area contributed by atoms with Gasteiger partial charge in [0.25, 0.3) is 5.56 Å². The maximum atomic E-state index is 12.4. The molecule has 1 fully saturated rings. The highest BCUT2D eigenvalue weighted by atomic mass is 79.9. The van der Waals surface area contributed by atoms with Gasteiger partial charge in [0.15, 0.2) is 0 Å². The van der Waals surface area contributed by atoms with Crippen molar-refractivity contribution in [1.29, 1.82) is 0 Å². The zero-order chi connectivity index (χ0) is 12.9. The van der Waals surface area contributed by atoms with Crippen LogP contribution in [0.25, 0.3) is 11.0 Å². The van der Waals surface area contributed by atoms with Gasteiger partial charge in [0.05, 0.1) is 4.47 Å². The van der Waals surface area contributed by atoms with Gasteiger partial charge in [-0.25, -0.2) is 4.98 Å². The summed E-state index contributed by atoms with van der Waals surface area (Å²) >= 11 is 9.22. The summed E-state index contributed by atoms with van der Waals surface area (Å²) in [4.78, 5) is 20.6. The molecule has 0 spiro atoms. The van der Waals surface area contributed by atoms with Gasteiger partial charge in [-0.3, -0.25) is 9.36 Å². The fraction of sp³-hybridized carbons (Fsp3) is 0.417. The topological polar surface area (TPSA) is 47.8 Å². The van der Waals surface area contributed by atoms with E-state index in [9.17, 15) is 4.79 Å². The van der Waals surface area contributed by atoms with Crippen LogP contribution in [-0.2, 0) is 0 Å². The van der Waals surface area contributed by atoms with E-state index >= 15 is 0 Å². The van der Waals surface area contributed by atoms with Crippen molar-refractivity contribution < 1.29 is 0 Å². The molecule has 0 aromatic carbocycles. The minimum Gasteiger partial charge on any atom is -0.288 e. The zero-order valence-electron chi connectivity index (χ0n) is 9.78. The standard InChI is InChI=1S/C12H11BrClN3O/c1-6-8-5-15-12(14)16-10(8)17(7-3-2-4-7)11(18)9(6)13/h5,7H,2-4H2,1H3. The van der Waals surface area contributed by atoms with Crippen molar-refractivity contribution in [3.63, 3.8) is 0 Å². The van der Waals surface area contributed by atoms with Crippen LogP contribution in [0.2, 0.25) is 5.28 Å². The van der Waals surface area contributed by atoms with Crippen molar-refractivity contribution in [2.45, 2.75) is 32.2 Å². The van der Waals surface area contributed by atoms with Crippen LogP contribution in [0.1, 0.15) is 30.9 Å². The number of rotatable bonds is 1. The van der Waals surface area contributed by atoms with Crippen molar-refractivity contribution >= 4 is 38.6 Å². The summed E-state index contributed by atoms with van der Waals surface area (Å²) in [6, 6.07) is 0.239. The fourth-order valence-corrected chi connectivity index (χ4v) is 2.80. The first kappa shape index (κ1) is 12.1. The van der Waals surface area contributed by atoms with Crippen molar-refractivity contribution in [1.82, 2.24) is 14.5 Å². The third-order valence-electron chi connectivity index (χ3n) is 3.55. The van der Waals surface area contributed by atoms with Crippen molar-refractivity contribution in [2.75, 3.05) is 0 Å². The molecule has 3 rings (SSSR count). The van der Waals surface area contributed by atoms with E-state index in [2.05, 4.69) is 25.9 Å². The van der Waals surface area contributed by atoms with Crippen LogP contribution < -0.4 is 5.56 Å². The Morgan fingerprint density at radius 2 is 2.22 bits per heavy atom. The fourth-order valence-electron chi connectivity index (χ4n) is 2.26. The number of fused-ring (bicyclic) bond motifs is 1. The Hall–Kier alpha value is -0.940. The first-order valence-corrected chi connectivity index (χ1v) is 6.99. The van der Waals surface area contributed by atoms with E-state index in [-0.39, 0.29) is 16.9 Å². The molecule has 94 valence electrons. The third-order valence-corrected chi connectivity index (χ3v) is 4.66. The molecule has 1 saturated carbocycles. The van der Waals surface area contributed by atoms with E-state index in [0.717, 1.165) is 30.2 Å². The Morgan fingerprint density at radius 3 is 2.83 bits per heavy atom. The third kappa shape index (κ3) is 1.68. The average Bonchev–Trinajstić information content (AvgIpc) is 2.29. The molecule has 6 heteroatoms. The van der Waals surface area contributed by atoms with E-state index in [1.165, 1.54) is 0 Å². The molecular weight excluding hydrogens is 318 g/mol. The predicted octanol–water partition coefficient (Wildman–Crippen LogP) is 3.24. The largest absolute Gasteiger partial charge is 0.288 e. The molecule has 0 radical (unpaired) electrons. The molecule has 0 N–H and O–H groups in total. The quantitative estimate of drug-likeness (QED) is 0.755. The predicted molar refractivity (Wildman–Crippen MR) is 74.1 cm³/mol. The van der Waals surface area contributed by atoms with Crippen molar-refractivity contribution in [2.24, 2.45) is 0 Å². The van der Waals surface area contributed by atoms with Crippen LogP contribution in [-0.4, -0.2) is 14.5 Å². The Kier molecular flexibility index (Phi) is 2.90. The molecule has 18 heavy (non-hydrogen) atoms. The lowest BCUT2D eigenvalue weighted by Gasteiger charge is -2.29. The minimum absolute atomic E-state index is 0.0283. The minimum atomic E-state index is -0.0283. The lowest BCUT2D eigenvalue weighted by molar-refractivity contribution is 0.312. The summed E-state index contributed by atoms with van der Waals surface area (Å²) in [5.74, 6) is 0. The molecule has 0 unspecified atom stereocenters. The number of aryl methyl sites for hydroxylation is 1. The van der Waals surface area contributed by atoms with Gasteiger partial charge in [0.1, 0.15) is 5.65 Å². The summed E-state index contributed by atoms with van der Waals surface area (Å²) < 4.78 is 2.34. The first-order valence-electron chi connectivity index (χ1n) is 5.82. The number of nitrogens with zero attached hydrogens (tertiary/aromatic N) is 3. The van der Waals surface area contributed by atoms with Crippen molar-refractivity contribution in [3.05, 3.63) is 31.9 Å². The van der Waals surface area contributed by atoms with Crippen LogP contribution in [0.15, 0.2) is 15.5 Å². The molecule has 0 atom stereocenters. The summed E-state index contributed by atoms with van der Waals surface area (Å²) in [6.45, 7) is 1.89. The van der Waals surface area contributed by atoms with Crippen LogP contribution in [0.5, 0.6) is 0 Å². The van der Waals surface area contributed by atoms with Gasteiger partial charge < -0.3 is 0 Å². The maximum absolute atomic E-state index is 12.4. The lowest BCUT2D eigenvalue weighted by Crippen LogP contribution is -2.30. The number of aromatic nitrogens is 3. The van der Waals surface area contributed by atoms with E-state index in [0.29, 0.717) is 10.1 Å². The van der Waals surface area contributed by atoms with Gasteiger partial charge in [-0.15, -0.1) is 0 Å². The molecule has 2 aromatic heterocycles. The first-order chi connectivity index (χ1) is 8.59. The monoisotopic (exact) mass is 327 g/mol. The summed E-state index contributed by atoms with van der Waals surface area (Å²) in [5, 5.41) is 1.05. The van der Waals surface area contributed by atoms with Gasteiger partial charge in [-0.05, 0) is 59.3 Å². The van der Waals surface area contributed by atoms with Crippen LogP contribution in [0.4, 0.5) is 0 Å². The molecular formula is C12H11BrClN3O. The molecule has 2 aromatic rings. The maximum Gasteiger partial charge on any atom is 0.267 e. The molecule has 1 aliphatic rings. The highest BCUT2D eigenvalue weighted by Crippen LogP contribution is 2.34.